The van der Waals surface area contributed by atoms with E-state index in [-0.39, 0.29) is 6.54 Å². The topological polar surface area (TPSA) is 92.9 Å². The smallest absolute Gasteiger partial charge is 0.329 e. The lowest BCUT2D eigenvalue weighted by Crippen LogP contribution is -2.37. The summed E-state index contributed by atoms with van der Waals surface area (Å²) in [5.74, 6) is -0.505. The molecule has 0 bridgehead atoms. The van der Waals surface area contributed by atoms with Crippen molar-refractivity contribution in [1.29, 1.82) is 0 Å². The average Bonchev–Trinajstić information content (AvgIpc) is 3.19. The van der Waals surface area contributed by atoms with E-state index in [0.29, 0.717) is 17.1 Å². The van der Waals surface area contributed by atoms with Gasteiger partial charge in [-0.15, -0.1) is 0 Å². The maximum absolute atomic E-state index is 11.8. The van der Waals surface area contributed by atoms with Crippen LogP contribution in [0.5, 0.6) is 5.75 Å². The Bertz CT molecular complexity index is 949. The number of hydrazone groups is 1. The van der Waals surface area contributed by atoms with Gasteiger partial charge < -0.3 is 14.5 Å². The number of furan rings is 1. The molecule has 2 aromatic carbocycles. The van der Waals surface area contributed by atoms with E-state index in [9.17, 15) is 9.59 Å². The van der Waals surface area contributed by atoms with Gasteiger partial charge in [0.1, 0.15) is 11.5 Å². The number of carbonyl (C=O) groups is 2. The van der Waals surface area contributed by atoms with Crippen molar-refractivity contribution in [2.24, 2.45) is 5.10 Å². The Balaban J connectivity index is 1.67. The number of nitrogens with zero attached hydrogens (tertiary/aromatic N) is 1. The van der Waals surface area contributed by atoms with Crippen LogP contribution in [0.4, 0.5) is 0 Å². The third-order valence-electron chi connectivity index (χ3n) is 3.72. The van der Waals surface area contributed by atoms with Gasteiger partial charge in [-0.2, -0.15) is 5.10 Å². The summed E-state index contributed by atoms with van der Waals surface area (Å²) in [4.78, 5) is 23.6. The first kappa shape index (κ1) is 17.2. The normalized spacial score (nSPS) is 10.8. The van der Waals surface area contributed by atoms with Crippen molar-refractivity contribution in [3.63, 3.8) is 0 Å². The van der Waals surface area contributed by atoms with E-state index in [0.717, 1.165) is 10.8 Å². The third-order valence-corrected chi connectivity index (χ3v) is 3.72. The molecule has 0 unspecified atom stereocenters. The SMILES string of the molecule is COc1ccc2ccccc2c1/C=N\NC(=O)C(=O)NCc1ccco1. The van der Waals surface area contributed by atoms with Crippen molar-refractivity contribution in [3.8, 4) is 5.75 Å². The number of carbonyl (C=O) groups excluding carboxylic acids is 2. The largest absolute Gasteiger partial charge is 0.496 e. The summed E-state index contributed by atoms with van der Waals surface area (Å²) in [6.45, 7) is 0.125. The number of hydrogen-bond acceptors (Lipinski definition) is 5. The molecule has 0 saturated heterocycles. The van der Waals surface area contributed by atoms with Crippen molar-refractivity contribution in [3.05, 3.63) is 66.1 Å². The zero-order chi connectivity index (χ0) is 18.4. The highest BCUT2D eigenvalue weighted by Gasteiger charge is 2.13. The first-order chi connectivity index (χ1) is 12.7. The van der Waals surface area contributed by atoms with Gasteiger partial charge in [0.15, 0.2) is 0 Å². The molecule has 7 nitrogen and oxygen atoms in total. The van der Waals surface area contributed by atoms with Gasteiger partial charge >= 0.3 is 11.8 Å². The van der Waals surface area contributed by atoms with Crippen LogP contribution < -0.4 is 15.5 Å². The maximum atomic E-state index is 11.8. The second-order valence-corrected chi connectivity index (χ2v) is 5.36. The molecule has 132 valence electrons. The molecule has 0 aliphatic heterocycles. The van der Waals surface area contributed by atoms with Crippen LogP contribution >= 0.6 is 0 Å². The fraction of sp³-hybridized carbons (Fsp3) is 0.105. The Morgan fingerprint density at radius 1 is 1.12 bits per heavy atom. The van der Waals surface area contributed by atoms with Crippen LogP contribution in [0.2, 0.25) is 0 Å². The van der Waals surface area contributed by atoms with Gasteiger partial charge in [-0.1, -0.05) is 30.3 Å². The Kier molecular flexibility index (Phi) is 5.28. The fourth-order valence-corrected chi connectivity index (χ4v) is 2.45. The molecule has 26 heavy (non-hydrogen) atoms. The summed E-state index contributed by atoms with van der Waals surface area (Å²) < 4.78 is 10.4. The zero-order valence-corrected chi connectivity index (χ0v) is 14.1. The lowest BCUT2D eigenvalue weighted by Gasteiger charge is -2.08. The van der Waals surface area contributed by atoms with E-state index in [2.05, 4.69) is 15.8 Å². The molecule has 0 radical (unpaired) electrons. The van der Waals surface area contributed by atoms with Crippen LogP contribution in [0.1, 0.15) is 11.3 Å². The summed E-state index contributed by atoms with van der Waals surface area (Å²) in [6, 6.07) is 14.9. The lowest BCUT2D eigenvalue weighted by molar-refractivity contribution is -0.139. The summed E-state index contributed by atoms with van der Waals surface area (Å²) >= 11 is 0. The first-order valence-electron chi connectivity index (χ1n) is 7.88. The van der Waals surface area contributed by atoms with E-state index >= 15 is 0 Å². The first-order valence-corrected chi connectivity index (χ1v) is 7.88. The quantitative estimate of drug-likeness (QED) is 0.419. The number of benzene rings is 2. The van der Waals surface area contributed by atoms with Gasteiger partial charge in [-0.25, -0.2) is 5.43 Å². The second kappa shape index (κ2) is 7.98. The highest BCUT2D eigenvalue weighted by molar-refractivity contribution is 6.35. The lowest BCUT2D eigenvalue weighted by atomic mass is 10.0. The molecule has 1 heterocycles. The standard InChI is InChI=1S/C19H17N3O4/c1-25-17-9-8-13-5-2-3-7-15(13)16(17)12-21-22-19(24)18(23)20-11-14-6-4-10-26-14/h2-10,12H,11H2,1H3,(H,20,23)(H,22,24)/b21-12-. The van der Waals surface area contributed by atoms with E-state index < -0.39 is 11.8 Å². The molecule has 0 fully saturated rings. The molecule has 3 aromatic rings. The van der Waals surface area contributed by atoms with Crippen LogP contribution in [-0.4, -0.2) is 25.1 Å². The summed E-state index contributed by atoms with van der Waals surface area (Å²) in [7, 11) is 1.56. The molecule has 0 aliphatic rings. The molecular formula is C19H17N3O4. The maximum Gasteiger partial charge on any atom is 0.329 e. The molecular weight excluding hydrogens is 334 g/mol. The summed E-state index contributed by atoms with van der Waals surface area (Å²) in [6.07, 6.45) is 2.95. The molecule has 7 heteroatoms. The van der Waals surface area contributed by atoms with Crippen molar-refractivity contribution in [2.45, 2.75) is 6.54 Å². The Morgan fingerprint density at radius 2 is 1.96 bits per heavy atom. The van der Waals surface area contributed by atoms with Gasteiger partial charge in [0.05, 0.1) is 26.1 Å². The molecule has 0 atom stereocenters. The van der Waals surface area contributed by atoms with Crippen LogP contribution in [-0.2, 0) is 16.1 Å². The Hall–Kier alpha value is -3.61. The van der Waals surface area contributed by atoms with E-state index in [1.54, 1.807) is 19.2 Å². The monoisotopic (exact) mass is 351 g/mol. The van der Waals surface area contributed by atoms with Crippen molar-refractivity contribution >= 4 is 28.8 Å². The van der Waals surface area contributed by atoms with Crippen molar-refractivity contribution < 1.29 is 18.7 Å². The van der Waals surface area contributed by atoms with E-state index in [1.807, 2.05) is 36.4 Å². The van der Waals surface area contributed by atoms with E-state index in [4.69, 9.17) is 9.15 Å². The Morgan fingerprint density at radius 3 is 2.73 bits per heavy atom. The molecule has 3 rings (SSSR count). The molecule has 2 amide bonds. The highest BCUT2D eigenvalue weighted by Crippen LogP contribution is 2.26. The number of methoxy groups -OCH3 is 1. The average molecular weight is 351 g/mol. The number of nitrogens with one attached hydrogen (secondary N) is 2. The van der Waals surface area contributed by atoms with Gasteiger partial charge in [0.2, 0.25) is 0 Å². The summed E-state index contributed by atoms with van der Waals surface area (Å²) in [5, 5.41) is 8.25. The van der Waals surface area contributed by atoms with Crippen LogP contribution in [0.25, 0.3) is 10.8 Å². The highest BCUT2D eigenvalue weighted by atomic mass is 16.5. The van der Waals surface area contributed by atoms with Crippen molar-refractivity contribution in [2.75, 3.05) is 7.11 Å². The number of ether oxygens (including phenoxy) is 1. The molecule has 0 spiro atoms. The minimum absolute atomic E-state index is 0.125. The van der Waals surface area contributed by atoms with Crippen LogP contribution in [0, 0.1) is 0 Å². The fourth-order valence-electron chi connectivity index (χ4n) is 2.45. The van der Waals surface area contributed by atoms with Gasteiger partial charge in [0.25, 0.3) is 0 Å². The second-order valence-electron chi connectivity index (χ2n) is 5.36. The van der Waals surface area contributed by atoms with Crippen LogP contribution in [0.3, 0.4) is 0 Å². The van der Waals surface area contributed by atoms with Crippen molar-refractivity contribution in [1.82, 2.24) is 10.7 Å². The van der Waals surface area contributed by atoms with Gasteiger partial charge in [-0.3, -0.25) is 9.59 Å². The summed E-state index contributed by atoms with van der Waals surface area (Å²) in [5.41, 5.74) is 2.92. The minimum Gasteiger partial charge on any atom is -0.496 e. The van der Waals surface area contributed by atoms with Gasteiger partial charge in [-0.05, 0) is 29.0 Å². The van der Waals surface area contributed by atoms with Gasteiger partial charge in [0, 0.05) is 5.56 Å². The number of rotatable bonds is 5. The van der Waals surface area contributed by atoms with E-state index in [1.165, 1.54) is 12.5 Å². The third kappa shape index (κ3) is 3.89. The minimum atomic E-state index is -0.869. The molecule has 2 N–H and O–H groups in total. The zero-order valence-electron chi connectivity index (χ0n) is 14.1. The predicted molar refractivity (Wildman–Crippen MR) is 96.8 cm³/mol. The molecule has 1 aromatic heterocycles. The predicted octanol–water partition coefficient (Wildman–Crippen LogP) is 2.21. The molecule has 0 saturated carbocycles. The number of fused-ring (bicyclic) bond motifs is 1. The van der Waals surface area contributed by atoms with Crippen LogP contribution in [0.15, 0.2) is 64.3 Å². The Labute approximate surface area is 149 Å². The number of hydrogen-bond donors (Lipinski definition) is 2. The number of amides is 2. The molecule has 0 aliphatic carbocycles.